The second-order valence-corrected chi connectivity index (χ2v) is 6.00. The van der Waals surface area contributed by atoms with Crippen molar-refractivity contribution in [2.24, 2.45) is 0 Å². The number of aliphatic carboxylic acids is 1. The summed E-state index contributed by atoms with van der Waals surface area (Å²) < 4.78 is 5.09. The maximum Gasteiger partial charge on any atom is 0.337 e. The van der Waals surface area contributed by atoms with Gasteiger partial charge in [0.25, 0.3) is 0 Å². The van der Waals surface area contributed by atoms with Crippen LogP contribution in [0.1, 0.15) is 25.3 Å². The first-order valence-corrected chi connectivity index (χ1v) is 7.92. The molecule has 1 aliphatic heterocycles. The summed E-state index contributed by atoms with van der Waals surface area (Å²) in [7, 11) is 1.70. The molecule has 1 heterocycles. The van der Waals surface area contributed by atoms with Gasteiger partial charge in [-0.3, -0.25) is 0 Å². The Labute approximate surface area is 151 Å². The molecular weight excluding hydrogens is 342 g/mol. The van der Waals surface area contributed by atoms with Crippen LogP contribution in [-0.4, -0.2) is 35.6 Å². The van der Waals surface area contributed by atoms with Crippen LogP contribution in [0.4, 0.5) is 0 Å². The zero-order valence-electron chi connectivity index (χ0n) is 14.2. The second kappa shape index (κ2) is 7.45. The molecular formula is C19H18ClNO4. The molecule has 130 valence electrons. The molecule has 2 rings (SSSR count). The standard InChI is InChI=1S/C19H18ClNO4/c1-5-10-25-19(24)16-12(3)21(4)11(2)15(18(22)23)17(16)13-8-6-7-9-14(13)20/h1,6-9,17H,10H2,2-4H3,(H,22,23). The summed E-state index contributed by atoms with van der Waals surface area (Å²) in [5.41, 5.74) is 1.95. The minimum absolute atomic E-state index is 0.0776. The van der Waals surface area contributed by atoms with Crippen molar-refractivity contribution in [1.82, 2.24) is 4.90 Å². The molecule has 25 heavy (non-hydrogen) atoms. The number of allylic oxidation sites excluding steroid dienone is 2. The number of carbonyl (C=O) groups excluding carboxylic acids is 1. The highest BCUT2D eigenvalue weighted by Gasteiger charge is 2.39. The van der Waals surface area contributed by atoms with Gasteiger partial charge in [-0.1, -0.05) is 35.7 Å². The fourth-order valence-electron chi connectivity index (χ4n) is 2.92. The first-order chi connectivity index (χ1) is 11.8. The molecule has 0 aromatic heterocycles. The van der Waals surface area contributed by atoms with Crippen molar-refractivity contribution in [2.45, 2.75) is 19.8 Å². The number of esters is 1. The normalized spacial score (nSPS) is 17.4. The highest BCUT2D eigenvalue weighted by atomic mass is 35.5. The lowest BCUT2D eigenvalue weighted by Gasteiger charge is -2.35. The monoisotopic (exact) mass is 359 g/mol. The Morgan fingerprint density at radius 3 is 2.44 bits per heavy atom. The van der Waals surface area contributed by atoms with E-state index < -0.39 is 17.9 Å². The lowest BCUT2D eigenvalue weighted by Crippen LogP contribution is -2.33. The van der Waals surface area contributed by atoms with E-state index >= 15 is 0 Å². The molecule has 0 bridgehead atoms. The zero-order chi connectivity index (χ0) is 18.7. The van der Waals surface area contributed by atoms with E-state index in [4.69, 9.17) is 22.8 Å². The van der Waals surface area contributed by atoms with Gasteiger partial charge in [0.15, 0.2) is 6.61 Å². The Morgan fingerprint density at radius 2 is 1.88 bits per heavy atom. The highest BCUT2D eigenvalue weighted by Crippen LogP contribution is 2.43. The number of ether oxygens (including phenoxy) is 1. The van der Waals surface area contributed by atoms with Crippen LogP contribution in [0, 0.1) is 12.3 Å². The molecule has 1 aliphatic rings. The molecule has 1 aromatic rings. The van der Waals surface area contributed by atoms with Crippen LogP contribution in [0.5, 0.6) is 0 Å². The molecule has 1 N–H and O–H groups in total. The van der Waals surface area contributed by atoms with Crippen molar-refractivity contribution in [1.29, 1.82) is 0 Å². The van der Waals surface area contributed by atoms with E-state index in [1.54, 1.807) is 50.1 Å². The summed E-state index contributed by atoms with van der Waals surface area (Å²) in [6.45, 7) is 3.23. The van der Waals surface area contributed by atoms with Crippen LogP contribution in [0.3, 0.4) is 0 Å². The molecule has 1 atom stereocenters. The number of carbonyl (C=O) groups is 2. The Hall–Kier alpha value is -2.71. The zero-order valence-corrected chi connectivity index (χ0v) is 14.9. The van der Waals surface area contributed by atoms with Gasteiger partial charge in [0.1, 0.15) is 0 Å². The number of rotatable bonds is 4. The average Bonchev–Trinajstić information content (AvgIpc) is 2.57. The molecule has 0 radical (unpaired) electrons. The van der Waals surface area contributed by atoms with Crippen molar-refractivity contribution in [3.63, 3.8) is 0 Å². The first-order valence-electron chi connectivity index (χ1n) is 7.54. The van der Waals surface area contributed by atoms with E-state index in [-0.39, 0.29) is 17.8 Å². The predicted octanol–water partition coefficient (Wildman–Crippen LogP) is 3.18. The van der Waals surface area contributed by atoms with Crippen LogP contribution in [-0.2, 0) is 14.3 Å². The van der Waals surface area contributed by atoms with Gasteiger partial charge in [-0.25, -0.2) is 9.59 Å². The van der Waals surface area contributed by atoms with Gasteiger partial charge in [-0.15, -0.1) is 6.42 Å². The van der Waals surface area contributed by atoms with Crippen molar-refractivity contribution in [3.8, 4) is 12.3 Å². The summed E-state index contributed by atoms with van der Waals surface area (Å²) in [5.74, 6) is -0.377. The summed E-state index contributed by atoms with van der Waals surface area (Å²) in [6.07, 6.45) is 5.16. The quantitative estimate of drug-likeness (QED) is 0.660. The Morgan fingerprint density at radius 1 is 1.28 bits per heavy atom. The predicted molar refractivity (Wildman–Crippen MR) is 94.8 cm³/mol. The molecule has 0 amide bonds. The fraction of sp³-hybridized carbons (Fsp3) is 0.263. The molecule has 0 fully saturated rings. The minimum atomic E-state index is -1.12. The molecule has 6 heteroatoms. The average molecular weight is 360 g/mol. The fourth-order valence-corrected chi connectivity index (χ4v) is 3.17. The van der Waals surface area contributed by atoms with Gasteiger partial charge < -0.3 is 14.7 Å². The number of carboxylic acid groups (broad SMARTS) is 1. The minimum Gasteiger partial charge on any atom is -0.478 e. The van der Waals surface area contributed by atoms with E-state index in [2.05, 4.69) is 5.92 Å². The Kier molecular flexibility index (Phi) is 5.55. The van der Waals surface area contributed by atoms with Crippen molar-refractivity contribution < 1.29 is 19.4 Å². The van der Waals surface area contributed by atoms with Gasteiger partial charge in [0.05, 0.1) is 17.1 Å². The number of carboxylic acids is 1. The maximum absolute atomic E-state index is 12.6. The molecule has 0 aliphatic carbocycles. The third kappa shape index (κ3) is 3.40. The van der Waals surface area contributed by atoms with Gasteiger partial charge in [-0.2, -0.15) is 0 Å². The van der Waals surface area contributed by atoms with E-state index in [9.17, 15) is 14.7 Å². The van der Waals surface area contributed by atoms with Crippen LogP contribution >= 0.6 is 11.6 Å². The summed E-state index contributed by atoms with van der Waals surface area (Å²) in [4.78, 5) is 26.2. The highest BCUT2D eigenvalue weighted by molar-refractivity contribution is 6.31. The van der Waals surface area contributed by atoms with Crippen LogP contribution in [0.2, 0.25) is 5.02 Å². The molecule has 1 unspecified atom stereocenters. The smallest absolute Gasteiger partial charge is 0.337 e. The third-order valence-corrected chi connectivity index (χ3v) is 4.66. The topological polar surface area (TPSA) is 66.8 Å². The van der Waals surface area contributed by atoms with Crippen LogP contribution in [0.15, 0.2) is 46.8 Å². The number of benzene rings is 1. The number of hydrogen-bond donors (Lipinski definition) is 1. The number of halogens is 1. The molecule has 0 saturated carbocycles. The van der Waals surface area contributed by atoms with Crippen molar-refractivity contribution >= 4 is 23.5 Å². The van der Waals surface area contributed by atoms with Crippen LogP contribution < -0.4 is 0 Å². The molecule has 0 spiro atoms. The lowest BCUT2D eigenvalue weighted by molar-refractivity contribution is -0.138. The Balaban J connectivity index is 2.72. The van der Waals surface area contributed by atoms with Gasteiger partial charge in [0, 0.05) is 23.5 Å². The van der Waals surface area contributed by atoms with Gasteiger partial charge in [0.2, 0.25) is 0 Å². The van der Waals surface area contributed by atoms with Crippen LogP contribution in [0.25, 0.3) is 0 Å². The maximum atomic E-state index is 12.6. The molecule has 5 nitrogen and oxygen atoms in total. The number of hydrogen-bond acceptors (Lipinski definition) is 4. The van der Waals surface area contributed by atoms with Crippen molar-refractivity contribution in [3.05, 3.63) is 57.4 Å². The third-order valence-electron chi connectivity index (χ3n) is 4.32. The van der Waals surface area contributed by atoms with Gasteiger partial charge in [-0.05, 0) is 25.5 Å². The summed E-state index contributed by atoms with van der Waals surface area (Å²) >= 11 is 6.30. The summed E-state index contributed by atoms with van der Waals surface area (Å²) in [5, 5.41) is 10.2. The van der Waals surface area contributed by atoms with Gasteiger partial charge >= 0.3 is 11.9 Å². The van der Waals surface area contributed by atoms with E-state index in [1.165, 1.54) is 0 Å². The summed E-state index contributed by atoms with van der Waals surface area (Å²) in [6, 6.07) is 6.85. The van der Waals surface area contributed by atoms with Crippen molar-refractivity contribution in [2.75, 3.05) is 13.7 Å². The van der Waals surface area contributed by atoms with E-state index in [0.717, 1.165) is 0 Å². The molecule has 1 aromatic carbocycles. The van der Waals surface area contributed by atoms with E-state index in [1.807, 2.05) is 0 Å². The Bertz CT molecular complexity index is 832. The van der Waals surface area contributed by atoms with E-state index in [0.29, 0.717) is 22.0 Å². The number of nitrogens with zero attached hydrogens (tertiary/aromatic N) is 1. The molecule has 0 saturated heterocycles. The largest absolute Gasteiger partial charge is 0.478 e. The number of terminal acetylenes is 1. The SMILES string of the molecule is C#CCOC(=O)C1=C(C)N(C)C(C)=C(C(=O)O)C1c1ccccc1Cl. The lowest BCUT2D eigenvalue weighted by atomic mass is 9.80. The first kappa shape index (κ1) is 18.6. The second-order valence-electron chi connectivity index (χ2n) is 5.60.